The van der Waals surface area contributed by atoms with E-state index in [0.717, 1.165) is 59.9 Å². The van der Waals surface area contributed by atoms with E-state index in [2.05, 4.69) is 25.8 Å². The number of alkyl halides is 1. The summed E-state index contributed by atoms with van der Waals surface area (Å²) in [5.74, 6) is -11.8. The van der Waals surface area contributed by atoms with Crippen LogP contribution in [0.4, 0.5) is 4.39 Å². The maximum Gasteiger partial charge on any atom is 0.348 e. The molecule has 7 unspecified atom stereocenters. The first-order chi connectivity index (χ1) is 71.9. The minimum Gasteiger partial charge on any atom is -0.619 e. The maximum absolute atomic E-state index is 17.8. The number of benzene rings is 5. The summed E-state index contributed by atoms with van der Waals surface area (Å²) in [5.41, 5.74) is -5.33. The van der Waals surface area contributed by atoms with Crippen LogP contribution in [0.3, 0.4) is 0 Å². The molecular weight excluding hydrogens is 2140 g/mol. The van der Waals surface area contributed by atoms with Crippen molar-refractivity contribution >= 4 is 150 Å². The molecule has 6 N–H and O–H groups in total. The molecule has 10 heterocycles. The highest BCUT2D eigenvalue weighted by molar-refractivity contribution is 8.26. The lowest BCUT2D eigenvalue weighted by molar-refractivity contribution is -0.605. The van der Waals surface area contributed by atoms with E-state index in [-0.39, 0.29) is 134 Å². The monoisotopic (exact) mass is 2250 g/mol. The second-order valence-corrected chi connectivity index (χ2v) is 47.6. The lowest BCUT2D eigenvalue weighted by Gasteiger charge is -2.63. The third-order valence-corrected chi connectivity index (χ3v) is 38.8. The molecule has 5 aromatic carbocycles. The van der Waals surface area contributed by atoms with Gasteiger partial charge in [0.1, 0.15) is 65.5 Å². The van der Waals surface area contributed by atoms with E-state index < -0.39 is 187 Å². The smallest absolute Gasteiger partial charge is 0.348 e. The van der Waals surface area contributed by atoms with Gasteiger partial charge in [-0.1, -0.05) is 174 Å². The first-order valence-corrected chi connectivity index (χ1v) is 54.9. The number of thiol groups is 2. The lowest BCUT2D eigenvalue weighted by Crippen LogP contribution is -2.55. The van der Waals surface area contributed by atoms with E-state index in [0.29, 0.717) is 85.7 Å². The van der Waals surface area contributed by atoms with Crippen LogP contribution in [0.5, 0.6) is 34.5 Å². The second kappa shape index (κ2) is 49.4. The van der Waals surface area contributed by atoms with Crippen molar-refractivity contribution in [3.05, 3.63) is 331 Å². The van der Waals surface area contributed by atoms with Gasteiger partial charge in [-0.25, -0.2) is 33.2 Å². The van der Waals surface area contributed by atoms with Crippen LogP contribution in [0.15, 0.2) is 226 Å². The van der Waals surface area contributed by atoms with Crippen molar-refractivity contribution < 1.29 is 110 Å². The second-order valence-electron chi connectivity index (χ2n) is 38.1. The Kier molecular flexibility index (Phi) is 37.3. The Labute approximate surface area is 912 Å². The van der Waals surface area contributed by atoms with E-state index in [1.54, 1.807) is 96.4 Å². The average Bonchev–Trinajstić information content (AvgIpc) is 1.21. The number of allylic oxidation sites excluding steroid dienone is 4. The summed E-state index contributed by atoms with van der Waals surface area (Å²) in [4.78, 5) is 102. The summed E-state index contributed by atoms with van der Waals surface area (Å²) in [6.45, 7) is 2.94. The number of piperidine rings is 3. The number of carboxylic acid groups (broad SMARTS) is 2. The Morgan fingerprint density at radius 1 is 0.513 bits per heavy atom. The number of ether oxygens (including phenoxy) is 10. The Balaban J connectivity index is 1.11. The number of aliphatic carboxylic acids is 2. The molecule has 5 aliphatic heterocycles. The molecule has 42 heteroatoms. The van der Waals surface area contributed by atoms with Crippen molar-refractivity contribution in [3.63, 3.8) is 0 Å². The third-order valence-electron chi connectivity index (χ3n) is 28.5. The summed E-state index contributed by atoms with van der Waals surface area (Å²) in [6.07, 6.45) is 11.1. The van der Waals surface area contributed by atoms with Gasteiger partial charge in [-0.3, -0.25) is 10.6 Å². The van der Waals surface area contributed by atoms with Crippen LogP contribution in [0.1, 0.15) is 139 Å². The largest absolute Gasteiger partial charge is 0.619 e. The molecule has 800 valence electrons. The van der Waals surface area contributed by atoms with Crippen LogP contribution >= 0.6 is 114 Å². The zero-order valence-corrected chi connectivity index (χ0v) is 91.8. The van der Waals surface area contributed by atoms with Gasteiger partial charge >= 0.3 is 35.8 Å². The molecule has 5 aromatic heterocycles. The number of nitrogens with zero attached hydrogens (tertiary/aromatic N) is 6. The fraction of sp³-hybridized carbons (Fsp3) is 0.380. The minimum atomic E-state index is -3.59. The van der Waals surface area contributed by atoms with Crippen molar-refractivity contribution in [1.82, 2.24) is 30.7 Å². The molecule has 5 aliphatic rings. The fourth-order valence-corrected chi connectivity index (χ4v) is 32.1. The van der Waals surface area contributed by atoms with Crippen LogP contribution in [0.2, 0.25) is 30.1 Å². The summed E-state index contributed by atoms with van der Waals surface area (Å²) in [6, 6.07) is 34.2. The van der Waals surface area contributed by atoms with E-state index in [1.807, 2.05) is 33.0 Å². The van der Waals surface area contributed by atoms with Crippen molar-refractivity contribution in [2.75, 3.05) is 143 Å². The number of carboxylic acids is 2. The van der Waals surface area contributed by atoms with Gasteiger partial charge in [-0.15, -0.1) is 22.7 Å². The molecule has 0 aliphatic carbocycles. The maximum atomic E-state index is 17.8. The number of nitrogens with one attached hydrogen (secondary N) is 3. The van der Waals surface area contributed by atoms with Crippen molar-refractivity contribution in [2.45, 2.75) is 109 Å². The number of thiophene rings is 2. The Bertz CT molecular complexity index is 6650. The number of carbonyl (C=O) groups excluding carboxylic acids is 4. The summed E-state index contributed by atoms with van der Waals surface area (Å²) < 4.78 is 75.7. The minimum absolute atomic E-state index is 0.00289. The van der Waals surface area contributed by atoms with Gasteiger partial charge in [0.2, 0.25) is 5.60 Å². The molecule has 0 spiro atoms. The van der Waals surface area contributed by atoms with Gasteiger partial charge in [-0.2, -0.15) is 36.0 Å². The standard InChI is InChI=1S/C108H118Cl6FN9O22S4/c1-104(37-43-120(3)44-38-104)63-144-101(130)95(67-20-15-12-16-21-67)118-54-73-28-34-90(99(127)128)150(73)108(93-80(113)59-124(136)60-81(93)114,97(70-25-31-84(139-7)87(50-70)142-10)146-100(129)88-32-26-71(148-88)52-117-94(66-18-13-11-14-19-66)102(131)145-64-105(115)39-45-121(4)46-40-105)96(69-24-30-83(138-6)86(49-69)141-9)107(92-78(111)57-123(135)58-79(92)112,75(51-74-76(109)55-122(134)56-77(74)110)68-23-29-82(137-5)85(48-68)140-8)149-72(27-33-89(149)98(125)126)53-116-62-106(133,91-22-17-47-147-91)103(132)143-61-65-35-41-119(2)42-36-65/h11-34,47-50,55-60,65,75,94-97,116-118,133,149-150H,35-46,51-54,61-64H2,1-10H3,(H,125,126)(H,127,128)/t75-,94?,95?,96-,97-,106?,107?,108?/m0/s1. The number of likely N-dealkylation sites (tertiary alicyclic amines) is 3. The Morgan fingerprint density at radius 2 is 0.960 bits per heavy atom. The van der Waals surface area contributed by atoms with Crippen molar-refractivity contribution in [3.8, 4) is 34.5 Å². The van der Waals surface area contributed by atoms with E-state index in [4.69, 9.17) is 117 Å². The summed E-state index contributed by atoms with van der Waals surface area (Å²) in [7, 11) is 6.83. The first kappa shape index (κ1) is 113. The predicted octanol–water partition coefficient (Wildman–Crippen LogP) is 17.7. The number of hydrogen-bond donors (Lipinski definition) is 8. The van der Waals surface area contributed by atoms with Crippen molar-refractivity contribution in [1.29, 1.82) is 0 Å². The van der Waals surface area contributed by atoms with Gasteiger partial charge in [0.15, 0.2) is 71.7 Å². The fourth-order valence-electron chi connectivity index (χ4n) is 20.6. The Morgan fingerprint density at radius 3 is 1.46 bits per heavy atom. The van der Waals surface area contributed by atoms with Gasteiger partial charge in [0, 0.05) is 87.7 Å². The van der Waals surface area contributed by atoms with Crippen LogP contribution < -0.4 is 58.6 Å². The number of rotatable bonds is 45. The lowest BCUT2D eigenvalue weighted by atomic mass is 9.61. The highest BCUT2D eigenvalue weighted by Crippen LogP contribution is 2.83. The van der Waals surface area contributed by atoms with Gasteiger partial charge in [-0.05, 0) is 208 Å². The highest BCUT2D eigenvalue weighted by atomic mass is 35.5. The highest BCUT2D eigenvalue weighted by Gasteiger charge is 2.71. The van der Waals surface area contributed by atoms with E-state index >= 15 is 38.8 Å². The number of pyridine rings is 3. The van der Waals surface area contributed by atoms with Crippen LogP contribution in [-0.4, -0.2) is 214 Å². The average molecular weight is 2250 g/mol. The molecule has 0 bridgehead atoms. The molecule has 10 aromatic rings. The number of esters is 4. The molecule has 3 fully saturated rings. The van der Waals surface area contributed by atoms with Crippen LogP contribution in [-0.2, 0) is 71.0 Å². The number of hydrogen-bond acceptors (Lipinski definition) is 28. The SMILES string of the molecule is COc1ccc([C@@H](C(c2c(Cl)c[n+]([O-])cc2Cl)([C@@H](Cc2c(Cl)c[n+]([O-])cc2Cl)c2ccc(OC)c(OC)c2)[SH]2C(CNCC(O)(C(=O)OCC3CCN(C)CC3)c3cccs3)=CC=C2C(=O)O)C(c2c(Cl)c[n+]([O-])cc2Cl)([C@@H](OC(=O)c2ccc(CNC(C(=O)OCC3(F)CCN(C)CC3)c3ccccc3)s2)c2ccc(OC)c(OC)c2)[SH]2C(CNC(C(=O)OCC3(C)CCN(C)CC3)c3ccccc3)=CC=C2C(=O)O)cc1OC. The van der Waals surface area contributed by atoms with Gasteiger partial charge < -0.3 is 98.3 Å². The summed E-state index contributed by atoms with van der Waals surface area (Å²) in [5, 5.41) is 93.9. The normalized spacial score (nSPS) is 19.1. The molecule has 3 saturated heterocycles. The van der Waals surface area contributed by atoms with E-state index in [1.165, 1.54) is 115 Å². The van der Waals surface area contributed by atoms with Crippen LogP contribution in [0.25, 0.3) is 0 Å². The number of aliphatic hydroxyl groups is 1. The number of methoxy groups -OCH3 is 6. The number of aromatic nitrogens is 3. The van der Waals surface area contributed by atoms with E-state index in [9.17, 15) is 25.3 Å². The molecular formula is C108H118Cl6FN9O22S4. The molecule has 15 rings (SSSR count). The molecule has 0 saturated carbocycles. The quantitative estimate of drug-likeness (QED) is 0.00578. The van der Waals surface area contributed by atoms with Gasteiger partial charge in [0.05, 0.1) is 70.4 Å². The zero-order valence-electron chi connectivity index (χ0n) is 83.9. The van der Waals surface area contributed by atoms with Gasteiger partial charge in [0.25, 0.3) is 0 Å². The Hall–Kier alpha value is -11.0. The summed E-state index contributed by atoms with van der Waals surface area (Å²) >= 11 is 51.3. The number of halogens is 7. The third kappa shape index (κ3) is 24.4. The number of carbonyl (C=O) groups is 6. The van der Waals surface area contributed by atoms with Crippen LogP contribution in [0, 0.1) is 27.0 Å². The molecule has 31 nitrogen and oxygen atoms in total. The molecule has 150 heavy (non-hydrogen) atoms. The molecule has 10 atom stereocenters. The topological polar surface area (TPSA) is 382 Å². The zero-order chi connectivity index (χ0) is 107. The predicted molar refractivity (Wildman–Crippen MR) is 578 cm³/mol. The molecule has 0 amide bonds. The van der Waals surface area contributed by atoms with Crippen molar-refractivity contribution in [2.24, 2.45) is 11.3 Å². The molecule has 0 radical (unpaired) electrons. The first-order valence-electron chi connectivity index (χ1n) is 48.2.